The van der Waals surface area contributed by atoms with Crippen molar-refractivity contribution in [3.8, 4) is 5.75 Å². The van der Waals surface area contributed by atoms with Gasteiger partial charge in [0.05, 0.1) is 13.7 Å². The van der Waals surface area contributed by atoms with Gasteiger partial charge < -0.3 is 10.1 Å². The smallest absolute Gasteiger partial charge is 0.325 e. The number of nitrogens with zero attached hydrogens (tertiary/aromatic N) is 1. The van der Waals surface area contributed by atoms with Gasteiger partial charge in [0.1, 0.15) is 11.8 Å². The van der Waals surface area contributed by atoms with Gasteiger partial charge in [-0.2, -0.15) is 0 Å². The number of amides is 3. The molecule has 22 heavy (non-hydrogen) atoms. The van der Waals surface area contributed by atoms with Gasteiger partial charge in [-0.15, -0.1) is 0 Å². The third kappa shape index (κ3) is 2.84. The fourth-order valence-electron chi connectivity index (χ4n) is 3.04. The fraction of sp³-hybridized carbons (Fsp3) is 0.412. The zero-order valence-electron chi connectivity index (χ0n) is 12.6. The quantitative estimate of drug-likeness (QED) is 0.686. The van der Waals surface area contributed by atoms with E-state index in [0.717, 1.165) is 30.6 Å². The van der Waals surface area contributed by atoms with E-state index in [0.29, 0.717) is 6.54 Å². The monoisotopic (exact) mass is 300 g/mol. The first-order valence-electron chi connectivity index (χ1n) is 7.59. The molecule has 1 aromatic carbocycles. The first-order chi connectivity index (χ1) is 10.7. The van der Waals surface area contributed by atoms with Gasteiger partial charge in [-0.25, -0.2) is 4.79 Å². The maximum absolute atomic E-state index is 12.5. The second-order valence-electron chi connectivity index (χ2n) is 5.74. The van der Waals surface area contributed by atoms with Crippen LogP contribution in [0.25, 0.3) is 0 Å². The maximum atomic E-state index is 12.5. The molecule has 2 atom stereocenters. The molecular weight excluding hydrogens is 280 g/mol. The van der Waals surface area contributed by atoms with Gasteiger partial charge in [0.25, 0.3) is 5.91 Å². The van der Waals surface area contributed by atoms with Gasteiger partial charge in [-0.3, -0.25) is 9.69 Å². The first-order valence-corrected chi connectivity index (χ1v) is 7.59. The molecule has 1 saturated heterocycles. The average molecular weight is 300 g/mol. The maximum Gasteiger partial charge on any atom is 0.325 e. The summed E-state index contributed by atoms with van der Waals surface area (Å²) in [6, 6.07) is 6.73. The van der Waals surface area contributed by atoms with E-state index in [2.05, 4.69) is 17.5 Å². The van der Waals surface area contributed by atoms with Gasteiger partial charge in [-0.1, -0.05) is 24.3 Å². The summed E-state index contributed by atoms with van der Waals surface area (Å²) in [7, 11) is 1.61. The summed E-state index contributed by atoms with van der Waals surface area (Å²) in [5, 5.41) is 2.85. The van der Waals surface area contributed by atoms with Crippen molar-refractivity contribution in [3.63, 3.8) is 0 Å². The van der Waals surface area contributed by atoms with Crippen LogP contribution in [-0.4, -0.2) is 30.0 Å². The standard InChI is InChI=1S/C17H20N2O3/c1-22-14-9-7-12(8-10-14)11-19-16(20)15(18-17(19)21)13-5-3-2-4-6-13/h2-3,7-10,13,15H,4-6,11H2,1H3,(H,18,21). The van der Waals surface area contributed by atoms with Crippen LogP contribution in [0, 0.1) is 5.92 Å². The third-order valence-corrected chi connectivity index (χ3v) is 4.34. The first kappa shape index (κ1) is 14.6. The zero-order chi connectivity index (χ0) is 15.5. The van der Waals surface area contributed by atoms with Crippen molar-refractivity contribution in [1.82, 2.24) is 10.2 Å². The summed E-state index contributed by atoms with van der Waals surface area (Å²) >= 11 is 0. The van der Waals surface area contributed by atoms with E-state index in [9.17, 15) is 9.59 Å². The number of methoxy groups -OCH3 is 1. The van der Waals surface area contributed by atoms with E-state index in [1.54, 1.807) is 7.11 Å². The summed E-state index contributed by atoms with van der Waals surface area (Å²) in [6.07, 6.45) is 7.01. The highest BCUT2D eigenvalue weighted by Gasteiger charge is 2.41. The number of carbonyl (C=O) groups is 2. The van der Waals surface area contributed by atoms with E-state index >= 15 is 0 Å². The Morgan fingerprint density at radius 3 is 2.64 bits per heavy atom. The van der Waals surface area contributed by atoms with E-state index in [4.69, 9.17) is 4.74 Å². The lowest BCUT2D eigenvalue weighted by molar-refractivity contribution is -0.129. The Morgan fingerprint density at radius 1 is 1.23 bits per heavy atom. The van der Waals surface area contributed by atoms with Crippen molar-refractivity contribution >= 4 is 11.9 Å². The minimum absolute atomic E-state index is 0.110. The molecule has 1 heterocycles. The number of nitrogens with one attached hydrogen (secondary N) is 1. The Kier molecular flexibility index (Phi) is 4.13. The molecule has 5 heteroatoms. The van der Waals surface area contributed by atoms with Crippen molar-refractivity contribution < 1.29 is 14.3 Å². The van der Waals surface area contributed by atoms with Crippen LogP contribution in [-0.2, 0) is 11.3 Å². The number of rotatable bonds is 4. The molecule has 0 aromatic heterocycles. The molecule has 1 N–H and O–H groups in total. The Hall–Kier alpha value is -2.30. The van der Waals surface area contributed by atoms with Gasteiger partial charge in [0.15, 0.2) is 0 Å². The molecule has 2 unspecified atom stereocenters. The summed E-state index contributed by atoms with van der Waals surface area (Å²) in [5.41, 5.74) is 0.911. The third-order valence-electron chi connectivity index (χ3n) is 4.34. The number of hydrogen-bond acceptors (Lipinski definition) is 3. The number of imide groups is 1. The Morgan fingerprint density at radius 2 is 2.00 bits per heavy atom. The van der Waals surface area contributed by atoms with E-state index in [1.807, 2.05) is 24.3 Å². The van der Waals surface area contributed by atoms with E-state index in [-0.39, 0.29) is 23.9 Å². The number of allylic oxidation sites excluding steroid dienone is 2. The topological polar surface area (TPSA) is 58.6 Å². The van der Waals surface area contributed by atoms with E-state index in [1.165, 1.54) is 4.90 Å². The van der Waals surface area contributed by atoms with Crippen LogP contribution in [0.15, 0.2) is 36.4 Å². The van der Waals surface area contributed by atoms with Crippen LogP contribution in [0.2, 0.25) is 0 Å². The molecule has 1 aliphatic carbocycles. The number of ether oxygens (including phenoxy) is 1. The van der Waals surface area contributed by atoms with Crippen LogP contribution in [0.3, 0.4) is 0 Å². The molecule has 0 bridgehead atoms. The Labute approximate surface area is 129 Å². The molecule has 1 aromatic rings. The number of carbonyl (C=O) groups excluding carboxylic acids is 2. The zero-order valence-corrected chi connectivity index (χ0v) is 12.6. The lowest BCUT2D eigenvalue weighted by Gasteiger charge is -2.22. The lowest BCUT2D eigenvalue weighted by Crippen LogP contribution is -2.37. The molecule has 0 radical (unpaired) electrons. The van der Waals surface area contributed by atoms with Crippen molar-refractivity contribution in [2.45, 2.75) is 31.8 Å². The summed E-state index contributed by atoms with van der Waals surface area (Å²) in [5.74, 6) is 0.858. The van der Waals surface area contributed by atoms with Gasteiger partial charge in [0.2, 0.25) is 0 Å². The molecule has 116 valence electrons. The molecule has 3 rings (SSSR count). The highest BCUT2D eigenvalue weighted by molar-refractivity contribution is 6.04. The Bertz CT molecular complexity index is 594. The summed E-state index contributed by atoms with van der Waals surface area (Å²) in [6.45, 7) is 0.299. The second kappa shape index (κ2) is 6.22. The largest absolute Gasteiger partial charge is 0.497 e. The second-order valence-corrected chi connectivity index (χ2v) is 5.74. The minimum Gasteiger partial charge on any atom is -0.497 e. The minimum atomic E-state index is -0.379. The van der Waals surface area contributed by atoms with Gasteiger partial charge >= 0.3 is 6.03 Å². The number of benzene rings is 1. The lowest BCUT2D eigenvalue weighted by atomic mass is 9.87. The SMILES string of the molecule is COc1ccc(CN2C(=O)NC(C3CC=CCC3)C2=O)cc1. The normalized spacial score (nSPS) is 24.5. The van der Waals surface area contributed by atoms with E-state index < -0.39 is 0 Å². The van der Waals surface area contributed by atoms with Gasteiger partial charge in [0, 0.05) is 0 Å². The number of hydrogen-bond donors (Lipinski definition) is 1. The van der Waals surface area contributed by atoms with Crippen molar-refractivity contribution in [2.24, 2.45) is 5.92 Å². The van der Waals surface area contributed by atoms with Crippen molar-refractivity contribution in [1.29, 1.82) is 0 Å². The average Bonchev–Trinajstić information content (AvgIpc) is 2.84. The molecule has 1 fully saturated rings. The summed E-state index contributed by atoms with van der Waals surface area (Å²) < 4.78 is 5.11. The predicted octanol–water partition coefficient (Wildman–Crippen LogP) is 2.47. The molecule has 5 nitrogen and oxygen atoms in total. The molecule has 3 amide bonds. The van der Waals surface area contributed by atoms with Crippen molar-refractivity contribution in [3.05, 3.63) is 42.0 Å². The van der Waals surface area contributed by atoms with Gasteiger partial charge in [-0.05, 0) is 42.9 Å². The highest BCUT2D eigenvalue weighted by Crippen LogP contribution is 2.26. The molecule has 0 saturated carbocycles. The highest BCUT2D eigenvalue weighted by atomic mass is 16.5. The summed E-state index contributed by atoms with van der Waals surface area (Å²) in [4.78, 5) is 26.0. The molecule has 2 aliphatic rings. The van der Waals surface area contributed by atoms with Crippen LogP contribution >= 0.6 is 0 Å². The van der Waals surface area contributed by atoms with Crippen LogP contribution in [0.5, 0.6) is 5.75 Å². The van der Waals surface area contributed by atoms with Crippen LogP contribution in [0.4, 0.5) is 4.79 Å². The van der Waals surface area contributed by atoms with Crippen molar-refractivity contribution in [2.75, 3.05) is 7.11 Å². The number of urea groups is 1. The fourth-order valence-corrected chi connectivity index (χ4v) is 3.04. The molecular formula is C17H20N2O3. The van der Waals surface area contributed by atoms with Crippen LogP contribution < -0.4 is 10.1 Å². The predicted molar refractivity (Wildman–Crippen MR) is 82.3 cm³/mol. The van der Waals surface area contributed by atoms with Crippen LogP contribution in [0.1, 0.15) is 24.8 Å². The Balaban J connectivity index is 1.69. The molecule has 0 spiro atoms. The molecule has 1 aliphatic heterocycles.